The average molecular weight is 455 g/mol. The summed E-state index contributed by atoms with van der Waals surface area (Å²) < 4.78 is 10.2. The van der Waals surface area contributed by atoms with Gasteiger partial charge in [0.1, 0.15) is 5.76 Å². The van der Waals surface area contributed by atoms with Gasteiger partial charge in [-0.3, -0.25) is 9.59 Å². The van der Waals surface area contributed by atoms with Gasteiger partial charge in [0.15, 0.2) is 11.5 Å². The van der Waals surface area contributed by atoms with Crippen LogP contribution in [0.4, 0.5) is 0 Å². The third-order valence-corrected chi connectivity index (χ3v) is 5.93. The Morgan fingerprint density at radius 1 is 1.12 bits per heavy atom. The van der Waals surface area contributed by atoms with Crippen molar-refractivity contribution in [2.45, 2.75) is 33.2 Å². The number of aliphatic hydroxyl groups is 1. The molecule has 0 aliphatic carbocycles. The lowest BCUT2D eigenvalue weighted by Gasteiger charge is -2.28. The van der Waals surface area contributed by atoms with Crippen LogP contribution in [0, 0.1) is 6.92 Å². The zero-order chi connectivity index (χ0) is 24.1. The van der Waals surface area contributed by atoms with Gasteiger partial charge in [0.2, 0.25) is 5.78 Å². The fourth-order valence-corrected chi connectivity index (χ4v) is 4.08. The van der Waals surface area contributed by atoms with Gasteiger partial charge in [-0.25, -0.2) is 4.79 Å². The van der Waals surface area contributed by atoms with E-state index in [1.165, 1.54) is 18.1 Å². The Hall–Kier alpha value is -3.39. The first-order chi connectivity index (χ1) is 15.8. The van der Waals surface area contributed by atoms with Crippen molar-refractivity contribution in [3.05, 3.63) is 70.4 Å². The summed E-state index contributed by atoms with van der Waals surface area (Å²) in [6, 6.07) is 8.88. The molecule has 3 rings (SSSR count). The van der Waals surface area contributed by atoms with Gasteiger partial charge in [-0.05, 0) is 62.8 Å². The Bertz CT molecular complexity index is 1050. The highest BCUT2D eigenvalue weighted by Gasteiger charge is 2.44. The molecule has 8 nitrogen and oxygen atoms in total. The van der Waals surface area contributed by atoms with Crippen LogP contribution in [-0.4, -0.2) is 65.9 Å². The van der Waals surface area contributed by atoms with E-state index in [9.17, 15) is 19.5 Å². The minimum Gasteiger partial charge on any atom is -0.503 e. The second-order valence-corrected chi connectivity index (χ2v) is 7.90. The number of Topliss-reactive ketones (excluding diaryl/α,β-unsaturated/α-hetero) is 1. The normalized spacial score (nSPS) is 16.1. The Balaban J connectivity index is 1.96. The molecule has 1 N–H and O–H groups in total. The van der Waals surface area contributed by atoms with Crippen molar-refractivity contribution in [1.29, 1.82) is 0 Å². The molecule has 0 unspecified atom stereocenters. The minimum absolute atomic E-state index is 0.0250. The first kappa shape index (κ1) is 24.3. The fourth-order valence-electron chi connectivity index (χ4n) is 4.08. The van der Waals surface area contributed by atoms with Gasteiger partial charge in [-0.15, -0.1) is 0 Å². The van der Waals surface area contributed by atoms with E-state index in [0.717, 1.165) is 19.6 Å². The predicted octanol–water partition coefficient (Wildman–Crippen LogP) is 3.68. The summed E-state index contributed by atoms with van der Waals surface area (Å²) in [5, 5.41) is 10.7. The van der Waals surface area contributed by atoms with E-state index in [2.05, 4.69) is 18.7 Å². The SMILES string of the molecule is CCN(CC)CCCN1C(=O)C(O)=C(C(=O)c2ccc(C)o2)[C@H]1c1ccc(C(=O)OC)cc1. The number of aryl methyl sites for hydroxylation is 1. The Morgan fingerprint density at radius 3 is 2.33 bits per heavy atom. The molecule has 1 aliphatic rings. The van der Waals surface area contributed by atoms with Crippen LogP contribution in [0.2, 0.25) is 0 Å². The van der Waals surface area contributed by atoms with Gasteiger partial charge < -0.3 is 24.1 Å². The number of carbonyl (C=O) groups excluding carboxylic acids is 3. The highest BCUT2D eigenvalue weighted by atomic mass is 16.5. The molecule has 2 heterocycles. The van der Waals surface area contributed by atoms with E-state index in [1.54, 1.807) is 37.3 Å². The summed E-state index contributed by atoms with van der Waals surface area (Å²) in [5.74, 6) is -1.58. The summed E-state index contributed by atoms with van der Waals surface area (Å²) in [6.45, 7) is 8.80. The standard InChI is InChI=1S/C25H30N2O6/c1-5-26(6-2)14-7-15-27-21(17-9-11-18(12-10-17)25(31)32-4)20(23(29)24(27)30)22(28)19-13-8-16(3)33-19/h8-13,21,29H,5-7,14-15H2,1-4H3/t21-/m1/s1. The van der Waals surface area contributed by atoms with Gasteiger partial charge in [0.25, 0.3) is 5.91 Å². The monoisotopic (exact) mass is 454 g/mol. The number of rotatable bonds is 10. The highest BCUT2D eigenvalue weighted by Crippen LogP contribution is 2.39. The number of furan rings is 1. The molecule has 1 aromatic carbocycles. The van der Waals surface area contributed by atoms with E-state index in [-0.39, 0.29) is 11.3 Å². The first-order valence-corrected chi connectivity index (χ1v) is 11.1. The highest BCUT2D eigenvalue weighted by molar-refractivity contribution is 6.15. The molecule has 33 heavy (non-hydrogen) atoms. The molecule has 1 amide bonds. The number of esters is 1. The number of nitrogens with zero attached hydrogens (tertiary/aromatic N) is 2. The Kier molecular flexibility index (Phi) is 7.71. The van der Waals surface area contributed by atoms with Crippen LogP contribution in [0.25, 0.3) is 0 Å². The first-order valence-electron chi connectivity index (χ1n) is 11.1. The number of carbonyl (C=O) groups is 3. The molecule has 0 fully saturated rings. The fraction of sp³-hybridized carbons (Fsp3) is 0.400. The maximum Gasteiger partial charge on any atom is 0.337 e. The zero-order valence-electron chi connectivity index (χ0n) is 19.5. The number of ketones is 1. The third kappa shape index (κ3) is 5.01. The lowest BCUT2D eigenvalue weighted by molar-refractivity contribution is -0.129. The van der Waals surface area contributed by atoms with E-state index >= 15 is 0 Å². The molecule has 0 radical (unpaired) electrons. The van der Waals surface area contributed by atoms with Gasteiger partial charge in [-0.2, -0.15) is 0 Å². The van der Waals surface area contributed by atoms with Gasteiger partial charge in [0, 0.05) is 6.54 Å². The van der Waals surface area contributed by atoms with E-state index in [4.69, 9.17) is 9.15 Å². The van der Waals surface area contributed by atoms with Crippen molar-refractivity contribution < 1.29 is 28.6 Å². The molecule has 0 spiro atoms. The van der Waals surface area contributed by atoms with Crippen molar-refractivity contribution in [3.8, 4) is 0 Å². The summed E-state index contributed by atoms with van der Waals surface area (Å²) in [4.78, 5) is 41.9. The van der Waals surface area contributed by atoms with E-state index in [1.807, 2.05) is 0 Å². The molecule has 8 heteroatoms. The molecule has 1 atom stereocenters. The molecule has 2 aromatic rings. The second kappa shape index (κ2) is 10.5. The summed E-state index contributed by atoms with van der Waals surface area (Å²) in [5.41, 5.74) is 0.930. The van der Waals surface area contributed by atoms with Crippen LogP contribution < -0.4 is 0 Å². The smallest absolute Gasteiger partial charge is 0.337 e. The average Bonchev–Trinajstić information content (AvgIpc) is 3.37. The van der Waals surface area contributed by atoms with Gasteiger partial charge >= 0.3 is 5.97 Å². The summed E-state index contributed by atoms with van der Waals surface area (Å²) >= 11 is 0. The molecule has 176 valence electrons. The summed E-state index contributed by atoms with van der Waals surface area (Å²) in [7, 11) is 1.30. The zero-order valence-corrected chi connectivity index (χ0v) is 19.5. The molecule has 0 saturated carbocycles. The lowest BCUT2D eigenvalue weighted by atomic mass is 9.94. The second-order valence-electron chi connectivity index (χ2n) is 7.90. The molecule has 0 saturated heterocycles. The van der Waals surface area contributed by atoms with E-state index < -0.39 is 29.5 Å². The quantitative estimate of drug-likeness (QED) is 0.432. The number of hydrogen-bond acceptors (Lipinski definition) is 7. The van der Waals surface area contributed by atoms with Gasteiger partial charge in [0.05, 0.1) is 24.3 Å². The van der Waals surface area contributed by atoms with Crippen LogP contribution in [0.15, 0.2) is 52.1 Å². The number of methoxy groups -OCH3 is 1. The van der Waals surface area contributed by atoms with Gasteiger partial charge in [-0.1, -0.05) is 26.0 Å². The molecular weight excluding hydrogens is 424 g/mol. The van der Waals surface area contributed by atoms with Crippen LogP contribution in [-0.2, 0) is 9.53 Å². The molecule has 1 aliphatic heterocycles. The Labute approximate surface area is 193 Å². The number of ether oxygens (including phenoxy) is 1. The minimum atomic E-state index is -0.793. The molecular formula is C25H30N2O6. The number of hydrogen-bond donors (Lipinski definition) is 1. The number of amides is 1. The van der Waals surface area contributed by atoms with Crippen molar-refractivity contribution in [2.75, 3.05) is 33.3 Å². The van der Waals surface area contributed by atoms with Crippen LogP contribution >= 0.6 is 0 Å². The summed E-state index contributed by atoms with van der Waals surface area (Å²) in [6.07, 6.45) is 0.679. The molecule has 1 aromatic heterocycles. The third-order valence-electron chi connectivity index (χ3n) is 5.93. The van der Waals surface area contributed by atoms with Crippen LogP contribution in [0.5, 0.6) is 0 Å². The van der Waals surface area contributed by atoms with Crippen LogP contribution in [0.1, 0.15) is 58.5 Å². The maximum absolute atomic E-state index is 13.3. The van der Waals surface area contributed by atoms with Crippen molar-refractivity contribution in [2.24, 2.45) is 0 Å². The van der Waals surface area contributed by atoms with E-state index in [0.29, 0.717) is 29.9 Å². The largest absolute Gasteiger partial charge is 0.503 e. The Morgan fingerprint density at radius 2 is 1.79 bits per heavy atom. The molecule has 0 bridgehead atoms. The van der Waals surface area contributed by atoms with Crippen molar-refractivity contribution in [3.63, 3.8) is 0 Å². The van der Waals surface area contributed by atoms with Crippen molar-refractivity contribution in [1.82, 2.24) is 9.80 Å². The maximum atomic E-state index is 13.3. The number of benzene rings is 1. The topological polar surface area (TPSA) is 100 Å². The van der Waals surface area contributed by atoms with Crippen LogP contribution in [0.3, 0.4) is 0 Å². The van der Waals surface area contributed by atoms with Crippen molar-refractivity contribution >= 4 is 17.7 Å². The lowest BCUT2D eigenvalue weighted by Crippen LogP contribution is -2.34. The predicted molar refractivity (Wildman–Crippen MR) is 122 cm³/mol. The number of aliphatic hydroxyl groups excluding tert-OH is 1.